The molecule has 0 aliphatic heterocycles. The number of hydrogen-bond donors (Lipinski definition) is 1. The molecule has 0 radical (unpaired) electrons. The first-order chi connectivity index (χ1) is 13.9. The first-order valence-corrected chi connectivity index (χ1v) is 9.52. The van der Waals surface area contributed by atoms with E-state index in [-0.39, 0.29) is 27.9 Å². The number of nitrogens with one attached hydrogen (secondary N) is 1. The molecule has 0 aliphatic carbocycles. The summed E-state index contributed by atoms with van der Waals surface area (Å²) in [6, 6.07) is 13.3. The van der Waals surface area contributed by atoms with Crippen molar-refractivity contribution in [2.45, 2.75) is 13.8 Å². The Morgan fingerprint density at radius 1 is 1.21 bits per heavy atom. The van der Waals surface area contributed by atoms with Gasteiger partial charge in [-0.05, 0) is 19.9 Å². The summed E-state index contributed by atoms with van der Waals surface area (Å²) < 4.78 is 5.09. The van der Waals surface area contributed by atoms with Crippen LogP contribution < -0.4 is 5.32 Å². The predicted molar refractivity (Wildman–Crippen MR) is 109 cm³/mol. The van der Waals surface area contributed by atoms with Gasteiger partial charge in [-0.1, -0.05) is 47.7 Å². The topological polar surface area (TPSA) is 111 Å². The highest BCUT2D eigenvalue weighted by atomic mass is 32.1. The number of rotatable bonds is 6. The number of benzene rings is 2. The Morgan fingerprint density at radius 3 is 2.59 bits per heavy atom. The van der Waals surface area contributed by atoms with Crippen molar-refractivity contribution >= 4 is 34.0 Å². The third-order valence-electron chi connectivity index (χ3n) is 4.02. The molecule has 29 heavy (non-hydrogen) atoms. The lowest BCUT2D eigenvalue weighted by molar-refractivity contribution is -0.385. The van der Waals surface area contributed by atoms with Gasteiger partial charge in [0.15, 0.2) is 5.13 Å². The lowest BCUT2D eigenvalue weighted by Crippen LogP contribution is -2.12. The standard InChI is InChI=1S/C20H17N3O5S/c1-3-28-19(25)17-16(13-7-5-4-6-8-13)21-20(29-17)22-18(24)14-10-9-12(2)15(11-14)23(26)27/h4-11H,3H2,1-2H3,(H,21,22,24). The predicted octanol–water partition coefficient (Wildman–Crippen LogP) is 4.46. The van der Waals surface area contributed by atoms with Gasteiger partial charge in [0.2, 0.25) is 0 Å². The molecule has 3 rings (SSSR count). The number of nitro benzene ring substituents is 1. The molecule has 8 nitrogen and oxygen atoms in total. The van der Waals surface area contributed by atoms with Crippen molar-refractivity contribution in [3.8, 4) is 11.3 Å². The summed E-state index contributed by atoms with van der Waals surface area (Å²) in [5, 5.41) is 13.9. The minimum atomic E-state index is -0.558. The number of nitro groups is 1. The van der Waals surface area contributed by atoms with E-state index in [1.807, 2.05) is 18.2 Å². The summed E-state index contributed by atoms with van der Waals surface area (Å²) in [4.78, 5) is 40.1. The molecule has 1 heterocycles. The molecule has 2 aromatic carbocycles. The number of ether oxygens (including phenoxy) is 1. The molecule has 0 atom stereocenters. The van der Waals surface area contributed by atoms with Crippen molar-refractivity contribution < 1.29 is 19.2 Å². The zero-order valence-corrected chi connectivity index (χ0v) is 16.5. The number of aryl methyl sites for hydroxylation is 1. The Hall–Kier alpha value is -3.59. The molecule has 3 aromatic rings. The fourth-order valence-corrected chi connectivity index (χ4v) is 3.49. The van der Waals surface area contributed by atoms with E-state index in [1.165, 1.54) is 18.2 Å². The second kappa shape index (κ2) is 8.61. The SMILES string of the molecule is CCOC(=O)c1sc(NC(=O)c2ccc(C)c([N+](=O)[O-])c2)nc1-c1ccccc1. The van der Waals surface area contributed by atoms with Crippen molar-refractivity contribution in [1.29, 1.82) is 0 Å². The maximum Gasteiger partial charge on any atom is 0.350 e. The lowest BCUT2D eigenvalue weighted by atomic mass is 10.1. The van der Waals surface area contributed by atoms with E-state index in [0.717, 1.165) is 11.3 Å². The van der Waals surface area contributed by atoms with Crippen LogP contribution in [0.25, 0.3) is 11.3 Å². The number of carbonyl (C=O) groups excluding carboxylic acids is 2. The Balaban J connectivity index is 1.93. The molecule has 148 valence electrons. The summed E-state index contributed by atoms with van der Waals surface area (Å²) >= 11 is 0.988. The van der Waals surface area contributed by atoms with E-state index in [0.29, 0.717) is 16.8 Å². The number of amides is 1. The van der Waals surface area contributed by atoms with Gasteiger partial charge >= 0.3 is 5.97 Å². The third kappa shape index (κ3) is 4.46. The molecule has 1 aromatic heterocycles. The van der Waals surface area contributed by atoms with Crippen molar-refractivity contribution in [1.82, 2.24) is 4.98 Å². The molecule has 0 bridgehead atoms. The first kappa shape index (κ1) is 20.2. The van der Waals surface area contributed by atoms with Gasteiger partial charge in [-0.15, -0.1) is 0 Å². The van der Waals surface area contributed by atoms with E-state index >= 15 is 0 Å². The second-order valence-corrected chi connectivity index (χ2v) is 6.99. The van der Waals surface area contributed by atoms with Gasteiger partial charge in [-0.3, -0.25) is 20.2 Å². The van der Waals surface area contributed by atoms with Gasteiger partial charge in [0.1, 0.15) is 4.88 Å². The highest BCUT2D eigenvalue weighted by Gasteiger charge is 2.22. The molecule has 0 aliphatic rings. The number of thiazole rings is 1. The average molecular weight is 411 g/mol. The molecule has 0 saturated carbocycles. The van der Waals surface area contributed by atoms with Gasteiger partial charge in [0.05, 0.1) is 17.2 Å². The van der Waals surface area contributed by atoms with Crippen LogP contribution in [0.2, 0.25) is 0 Å². The minimum Gasteiger partial charge on any atom is -0.462 e. The zero-order valence-electron chi connectivity index (χ0n) is 15.7. The van der Waals surface area contributed by atoms with E-state index in [2.05, 4.69) is 10.3 Å². The lowest BCUT2D eigenvalue weighted by Gasteiger charge is -2.03. The van der Waals surface area contributed by atoms with E-state index in [1.54, 1.807) is 26.0 Å². The van der Waals surface area contributed by atoms with E-state index < -0.39 is 16.8 Å². The van der Waals surface area contributed by atoms with Crippen molar-refractivity contribution in [3.63, 3.8) is 0 Å². The highest BCUT2D eigenvalue weighted by molar-refractivity contribution is 7.18. The van der Waals surface area contributed by atoms with Crippen LogP contribution in [0.4, 0.5) is 10.8 Å². The molecule has 0 unspecified atom stereocenters. The van der Waals surface area contributed by atoms with Gasteiger partial charge in [-0.25, -0.2) is 9.78 Å². The van der Waals surface area contributed by atoms with Crippen LogP contribution in [-0.2, 0) is 4.74 Å². The van der Waals surface area contributed by atoms with Gasteiger partial charge in [-0.2, -0.15) is 0 Å². The zero-order chi connectivity index (χ0) is 21.0. The molecule has 1 N–H and O–H groups in total. The average Bonchev–Trinajstić information content (AvgIpc) is 3.13. The van der Waals surface area contributed by atoms with Crippen molar-refractivity contribution in [2.75, 3.05) is 11.9 Å². The smallest absolute Gasteiger partial charge is 0.350 e. The van der Waals surface area contributed by atoms with Gasteiger partial charge in [0.25, 0.3) is 11.6 Å². The van der Waals surface area contributed by atoms with Crippen molar-refractivity contribution in [2.24, 2.45) is 0 Å². The number of anilines is 1. The Kier molecular flexibility index (Phi) is 5.99. The maximum absolute atomic E-state index is 12.6. The Bertz CT molecular complexity index is 1080. The molecular formula is C20H17N3O5S. The Morgan fingerprint density at radius 2 is 1.93 bits per heavy atom. The minimum absolute atomic E-state index is 0.122. The second-order valence-electron chi connectivity index (χ2n) is 6.00. The molecule has 9 heteroatoms. The maximum atomic E-state index is 12.6. The van der Waals surface area contributed by atoms with E-state index in [4.69, 9.17) is 4.74 Å². The summed E-state index contributed by atoms with van der Waals surface area (Å²) in [5.41, 5.74) is 1.54. The number of aromatic nitrogens is 1. The number of hydrogen-bond acceptors (Lipinski definition) is 7. The molecule has 0 spiro atoms. The molecule has 1 amide bonds. The molecule has 0 saturated heterocycles. The van der Waals surface area contributed by atoms with Crippen molar-refractivity contribution in [3.05, 3.63) is 74.6 Å². The quantitative estimate of drug-likeness (QED) is 0.364. The first-order valence-electron chi connectivity index (χ1n) is 8.70. The molecule has 0 fully saturated rings. The molecular weight excluding hydrogens is 394 g/mol. The number of carbonyl (C=O) groups is 2. The number of nitrogens with zero attached hydrogens (tertiary/aromatic N) is 2. The van der Waals surface area contributed by atoms with Crippen LogP contribution in [-0.4, -0.2) is 28.4 Å². The largest absolute Gasteiger partial charge is 0.462 e. The van der Waals surface area contributed by atoms with Gasteiger partial charge in [0, 0.05) is 22.8 Å². The van der Waals surface area contributed by atoms with Crippen LogP contribution in [0.15, 0.2) is 48.5 Å². The monoisotopic (exact) mass is 411 g/mol. The summed E-state index contributed by atoms with van der Waals surface area (Å²) in [7, 11) is 0. The van der Waals surface area contributed by atoms with Crippen LogP contribution >= 0.6 is 11.3 Å². The van der Waals surface area contributed by atoms with Crippen LogP contribution in [0.5, 0.6) is 0 Å². The van der Waals surface area contributed by atoms with Crippen LogP contribution in [0.3, 0.4) is 0 Å². The van der Waals surface area contributed by atoms with Crippen LogP contribution in [0, 0.1) is 17.0 Å². The summed E-state index contributed by atoms with van der Waals surface area (Å²) in [6.45, 7) is 3.51. The highest BCUT2D eigenvalue weighted by Crippen LogP contribution is 2.32. The third-order valence-corrected chi connectivity index (χ3v) is 4.97. The summed E-state index contributed by atoms with van der Waals surface area (Å²) in [6.07, 6.45) is 0. The van der Waals surface area contributed by atoms with E-state index in [9.17, 15) is 19.7 Å². The fraction of sp³-hybridized carbons (Fsp3) is 0.150. The van der Waals surface area contributed by atoms with Gasteiger partial charge < -0.3 is 4.74 Å². The summed E-state index contributed by atoms with van der Waals surface area (Å²) in [5.74, 6) is -1.09. The fourth-order valence-electron chi connectivity index (χ4n) is 2.62. The normalized spacial score (nSPS) is 10.4. The Labute approximate surface area is 170 Å². The number of esters is 1. The van der Waals surface area contributed by atoms with Crippen LogP contribution in [0.1, 0.15) is 32.5 Å².